The molecule has 1 aliphatic heterocycles. The summed E-state index contributed by atoms with van der Waals surface area (Å²) in [5.41, 5.74) is 1.99. The normalized spacial score (nSPS) is 25.4. The van der Waals surface area contributed by atoms with Crippen LogP contribution in [0.2, 0.25) is 0 Å². The Morgan fingerprint density at radius 3 is 2.56 bits per heavy atom. The van der Waals surface area contributed by atoms with E-state index < -0.39 is 5.60 Å². The highest BCUT2D eigenvalue weighted by atomic mass is 16.3. The van der Waals surface area contributed by atoms with Gasteiger partial charge in [-0.3, -0.25) is 0 Å². The summed E-state index contributed by atoms with van der Waals surface area (Å²) < 4.78 is 0. The van der Waals surface area contributed by atoms with Gasteiger partial charge in [-0.1, -0.05) is 19.1 Å². The minimum absolute atomic E-state index is 0.394. The monoisotopic (exact) mass is 248 g/mol. The van der Waals surface area contributed by atoms with E-state index in [4.69, 9.17) is 0 Å². The molecule has 0 saturated carbocycles. The Morgan fingerprint density at radius 2 is 2.06 bits per heavy atom. The molecule has 100 valence electrons. The van der Waals surface area contributed by atoms with Crippen molar-refractivity contribution in [1.82, 2.24) is 5.32 Å². The Bertz CT molecular complexity index is 386. The Hall–Kier alpha value is -1.06. The van der Waals surface area contributed by atoms with Gasteiger partial charge in [-0.2, -0.15) is 0 Å². The topological polar surface area (TPSA) is 35.5 Å². The van der Waals surface area contributed by atoms with Crippen LogP contribution in [0.5, 0.6) is 0 Å². The first-order valence-electron chi connectivity index (χ1n) is 6.82. The van der Waals surface area contributed by atoms with E-state index in [1.165, 1.54) is 11.3 Å². The lowest BCUT2D eigenvalue weighted by Crippen LogP contribution is -2.29. The average molecular weight is 248 g/mol. The van der Waals surface area contributed by atoms with Crippen molar-refractivity contribution in [2.45, 2.75) is 38.8 Å². The van der Waals surface area contributed by atoms with Crippen LogP contribution in [0.15, 0.2) is 24.3 Å². The quantitative estimate of drug-likeness (QED) is 0.858. The van der Waals surface area contributed by atoms with Crippen LogP contribution in [-0.4, -0.2) is 30.3 Å². The predicted molar refractivity (Wildman–Crippen MR) is 76.0 cm³/mol. The van der Waals surface area contributed by atoms with Crippen molar-refractivity contribution in [2.75, 3.05) is 24.5 Å². The van der Waals surface area contributed by atoms with Crippen molar-refractivity contribution in [3.05, 3.63) is 29.8 Å². The third-order valence-electron chi connectivity index (χ3n) is 3.72. The molecule has 0 aromatic heterocycles. The standard InChI is InChI=1S/C15H24N2O/c1-4-16-12(2)13-5-7-14(8-6-13)17-10-9-15(3,18)11-17/h5-8,12,16,18H,4,9-11H2,1-3H3. The fourth-order valence-electron chi connectivity index (χ4n) is 2.56. The second-order valence-corrected chi connectivity index (χ2v) is 5.54. The summed E-state index contributed by atoms with van der Waals surface area (Å²) >= 11 is 0. The number of hydrogen-bond acceptors (Lipinski definition) is 3. The van der Waals surface area contributed by atoms with E-state index in [2.05, 4.69) is 48.3 Å². The van der Waals surface area contributed by atoms with Crippen LogP contribution in [0.25, 0.3) is 0 Å². The molecule has 2 rings (SSSR count). The van der Waals surface area contributed by atoms with Crippen molar-refractivity contribution in [2.24, 2.45) is 0 Å². The van der Waals surface area contributed by atoms with Crippen molar-refractivity contribution in [3.8, 4) is 0 Å². The maximum Gasteiger partial charge on any atom is 0.0810 e. The van der Waals surface area contributed by atoms with Gasteiger partial charge in [-0.05, 0) is 44.5 Å². The van der Waals surface area contributed by atoms with E-state index in [0.29, 0.717) is 6.04 Å². The molecule has 0 spiro atoms. The van der Waals surface area contributed by atoms with Crippen LogP contribution in [0.4, 0.5) is 5.69 Å². The maximum atomic E-state index is 9.99. The van der Waals surface area contributed by atoms with Gasteiger partial charge < -0.3 is 15.3 Å². The van der Waals surface area contributed by atoms with E-state index in [9.17, 15) is 5.11 Å². The smallest absolute Gasteiger partial charge is 0.0810 e. The highest BCUT2D eigenvalue weighted by molar-refractivity contribution is 5.49. The van der Waals surface area contributed by atoms with E-state index in [1.54, 1.807) is 0 Å². The van der Waals surface area contributed by atoms with Crippen LogP contribution in [0.1, 0.15) is 38.8 Å². The van der Waals surface area contributed by atoms with Crippen molar-refractivity contribution in [1.29, 1.82) is 0 Å². The number of β-amino-alcohol motifs (C(OH)–C–C–N with tert-alkyl or cyclic N) is 1. The van der Waals surface area contributed by atoms with Gasteiger partial charge in [0.15, 0.2) is 0 Å². The zero-order valence-electron chi connectivity index (χ0n) is 11.6. The summed E-state index contributed by atoms with van der Waals surface area (Å²) in [5, 5.41) is 13.4. The third-order valence-corrected chi connectivity index (χ3v) is 3.72. The van der Waals surface area contributed by atoms with E-state index in [-0.39, 0.29) is 0 Å². The number of nitrogens with zero attached hydrogens (tertiary/aromatic N) is 1. The lowest BCUT2D eigenvalue weighted by molar-refractivity contribution is 0.0839. The first kappa shape index (κ1) is 13.4. The number of anilines is 1. The van der Waals surface area contributed by atoms with Gasteiger partial charge >= 0.3 is 0 Å². The second-order valence-electron chi connectivity index (χ2n) is 5.54. The molecule has 2 N–H and O–H groups in total. The van der Waals surface area contributed by atoms with Crippen LogP contribution in [0, 0.1) is 0 Å². The highest BCUT2D eigenvalue weighted by Gasteiger charge is 2.31. The molecule has 1 aromatic carbocycles. The molecule has 3 nitrogen and oxygen atoms in total. The molecular formula is C15H24N2O. The Balaban J connectivity index is 2.04. The maximum absolute atomic E-state index is 9.99. The molecule has 2 unspecified atom stereocenters. The molecule has 0 bridgehead atoms. The number of aliphatic hydroxyl groups is 1. The third kappa shape index (κ3) is 3.03. The summed E-state index contributed by atoms with van der Waals surface area (Å²) in [6.07, 6.45) is 0.850. The molecule has 3 heteroatoms. The number of hydrogen-bond donors (Lipinski definition) is 2. The lowest BCUT2D eigenvalue weighted by Gasteiger charge is -2.21. The SMILES string of the molecule is CCNC(C)c1ccc(N2CCC(C)(O)C2)cc1. The highest BCUT2D eigenvalue weighted by Crippen LogP contribution is 2.27. The Kier molecular flexibility index (Phi) is 3.93. The van der Waals surface area contributed by atoms with E-state index >= 15 is 0 Å². The molecule has 1 aromatic rings. The van der Waals surface area contributed by atoms with Gasteiger partial charge in [0.25, 0.3) is 0 Å². The zero-order chi connectivity index (χ0) is 13.2. The molecular weight excluding hydrogens is 224 g/mol. The first-order valence-corrected chi connectivity index (χ1v) is 6.82. The molecule has 18 heavy (non-hydrogen) atoms. The first-order chi connectivity index (χ1) is 8.52. The summed E-state index contributed by atoms with van der Waals surface area (Å²) in [4.78, 5) is 2.25. The minimum atomic E-state index is -0.532. The second kappa shape index (κ2) is 5.29. The van der Waals surface area contributed by atoms with Gasteiger partial charge in [0.05, 0.1) is 5.60 Å². The molecule has 0 radical (unpaired) electrons. The summed E-state index contributed by atoms with van der Waals surface area (Å²) in [6, 6.07) is 9.06. The molecule has 1 fully saturated rings. The van der Waals surface area contributed by atoms with E-state index in [1.807, 2.05) is 6.92 Å². The van der Waals surface area contributed by atoms with E-state index in [0.717, 1.165) is 26.1 Å². The molecule has 0 aliphatic carbocycles. The Morgan fingerprint density at radius 1 is 1.39 bits per heavy atom. The van der Waals surface area contributed by atoms with Gasteiger partial charge in [-0.25, -0.2) is 0 Å². The molecule has 1 saturated heterocycles. The van der Waals surface area contributed by atoms with Gasteiger partial charge in [-0.15, -0.1) is 0 Å². The minimum Gasteiger partial charge on any atom is -0.388 e. The number of rotatable bonds is 4. The predicted octanol–water partition coefficient (Wildman–Crippen LogP) is 2.32. The summed E-state index contributed by atoms with van der Waals surface area (Å²) in [6.45, 7) is 8.87. The summed E-state index contributed by atoms with van der Waals surface area (Å²) in [7, 11) is 0. The molecule has 2 atom stereocenters. The Labute approximate surface area is 110 Å². The fourth-order valence-corrected chi connectivity index (χ4v) is 2.56. The van der Waals surface area contributed by atoms with Crippen molar-refractivity contribution >= 4 is 5.69 Å². The van der Waals surface area contributed by atoms with Gasteiger partial charge in [0, 0.05) is 24.8 Å². The van der Waals surface area contributed by atoms with Crippen LogP contribution in [0.3, 0.4) is 0 Å². The van der Waals surface area contributed by atoms with Crippen LogP contribution >= 0.6 is 0 Å². The van der Waals surface area contributed by atoms with Crippen molar-refractivity contribution in [3.63, 3.8) is 0 Å². The largest absolute Gasteiger partial charge is 0.388 e. The van der Waals surface area contributed by atoms with Crippen LogP contribution < -0.4 is 10.2 Å². The average Bonchev–Trinajstić information content (AvgIpc) is 2.70. The lowest BCUT2D eigenvalue weighted by atomic mass is 10.1. The van der Waals surface area contributed by atoms with Gasteiger partial charge in [0.2, 0.25) is 0 Å². The van der Waals surface area contributed by atoms with Gasteiger partial charge in [0.1, 0.15) is 0 Å². The molecule has 0 amide bonds. The van der Waals surface area contributed by atoms with Crippen molar-refractivity contribution < 1.29 is 5.11 Å². The summed E-state index contributed by atoms with van der Waals surface area (Å²) in [5.74, 6) is 0. The number of nitrogens with one attached hydrogen (secondary N) is 1. The molecule has 1 heterocycles. The zero-order valence-corrected chi connectivity index (χ0v) is 11.6. The fraction of sp³-hybridized carbons (Fsp3) is 0.600. The molecule has 1 aliphatic rings. The van der Waals surface area contributed by atoms with Crippen LogP contribution in [-0.2, 0) is 0 Å². The number of benzene rings is 1.